The van der Waals surface area contributed by atoms with Crippen molar-refractivity contribution < 1.29 is 23.0 Å². The molecule has 0 aliphatic carbocycles. The number of hydrogen-bond donors (Lipinski definition) is 1. The molecule has 6 nitrogen and oxygen atoms in total. The molecule has 1 aromatic heterocycles. The summed E-state index contributed by atoms with van der Waals surface area (Å²) in [6, 6.07) is 6.44. The number of benzene rings is 1. The summed E-state index contributed by atoms with van der Waals surface area (Å²) in [5.74, 6) is 0.630. The van der Waals surface area contributed by atoms with E-state index < -0.39 is 18.9 Å². The van der Waals surface area contributed by atoms with Crippen molar-refractivity contribution in [2.45, 2.75) is 13.0 Å². The lowest BCUT2D eigenvalue weighted by Gasteiger charge is -2.20. The average Bonchev–Trinajstić information content (AvgIpc) is 2.92. The molecule has 1 aliphatic heterocycles. The third-order valence-electron chi connectivity index (χ3n) is 3.02. The maximum absolute atomic E-state index is 12.3. The highest BCUT2D eigenvalue weighted by atomic mass is 19.3. The number of hydrogen-bond acceptors (Lipinski definition) is 4. The summed E-state index contributed by atoms with van der Waals surface area (Å²) >= 11 is 0. The molecule has 1 amide bonds. The summed E-state index contributed by atoms with van der Waals surface area (Å²) < 4.78 is 36.5. The lowest BCUT2D eigenvalue weighted by atomic mass is 10.1. The van der Waals surface area contributed by atoms with Crippen LogP contribution in [0.4, 0.5) is 14.6 Å². The molecule has 0 spiro atoms. The van der Waals surface area contributed by atoms with Gasteiger partial charge in [0.05, 0.1) is 5.56 Å². The van der Waals surface area contributed by atoms with Gasteiger partial charge < -0.3 is 14.8 Å². The van der Waals surface area contributed by atoms with Gasteiger partial charge in [0.1, 0.15) is 19.8 Å². The Hall–Kier alpha value is -2.64. The fourth-order valence-corrected chi connectivity index (χ4v) is 2.11. The third kappa shape index (κ3) is 3.00. The number of carbonyl (C=O) groups is 1. The van der Waals surface area contributed by atoms with E-state index in [1.807, 2.05) is 0 Å². The molecule has 8 heteroatoms. The van der Waals surface area contributed by atoms with Crippen LogP contribution in [0.5, 0.6) is 11.5 Å². The summed E-state index contributed by atoms with van der Waals surface area (Å²) in [6.07, 6.45) is -1.13. The molecule has 0 saturated carbocycles. The molecule has 1 aromatic carbocycles. The van der Waals surface area contributed by atoms with Gasteiger partial charge in [-0.15, -0.1) is 0 Å². The molecule has 0 bridgehead atoms. The van der Waals surface area contributed by atoms with E-state index in [1.54, 1.807) is 18.2 Å². The molecule has 0 saturated heterocycles. The number of ether oxygens (including phenoxy) is 2. The van der Waals surface area contributed by atoms with Crippen molar-refractivity contribution in [1.29, 1.82) is 0 Å². The highest BCUT2D eigenvalue weighted by molar-refractivity contribution is 6.06. The van der Waals surface area contributed by atoms with E-state index in [9.17, 15) is 13.6 Å². The van der Waals surface area contributed by atoms with Crippen LogP contribution in [0.1, 0.15) is 10.4 Å². The Kier molecular flexibility index (Phi) is 3.90. The van der Waals surface area contributed by atoms with E-state index in [0.29, 0.717) is 30.3 Å². The maximum atomic E-state index is 12.3. The zero-order valence-corrected chi connectivity index (χ0v) is 11.5. The number of nitrogens with one attached hydrogen (secondary N) is 1. The lowest BCUT2D eigenvalue weighted by molar-refractivity contribution is 0.101. The Morgan fingerprint density at radius 3 is 2.95 bits per heavy atom. The van der Waals surface area contributed by atoms with Crippen molar-refractivity contribution >= 4 is 11.7 Å². The lowest BCUT2D eigenvalue weighted by Crippen LogP contribution is -2.20. The summed E-state index contributed by atoms with van der Waals surface area (Å²) in [5, 5.41) is 6.41. The Morgan fingerprint density at radius 2 is 2.14 bits per heavy atom. The van der Waals surface area contributed by atoms with Crippen molar-refractivity contribution in [1.82, 2.24) is 9.78 Å². The molecule has 0 fully saturated rings. The van der Waals surface area contributed by atoms with Crippen molar-refractivity contribution in [3.05, 3.63) is 36.0 Å². The second kappa shape index (κ2) is 6.00. The van der Waals surface area contributed by atoms with Crippen LogP contribution in [0.3, 0.4) is 0 Å². The number of carbonyl (C=O) groups excluding carboxylic acids is 1. The summed E-state index contributed by atoms with van der Waals surface area (Å²) in [5.41, 5.74) is 0.306. The number of anilines is 1. The Morgan fingerprint density at radius 1 is 1.32 bits per heavy atom. The second-order valence-corrected chi connectivity index (χ2v) is 4.60. The van der Waals surface area contributed by atoms with Crippen LogP contribution in [0, 0.1) is 0 Å². The van der Waals surface area contributed by atoms with Gasteiger partial charge in [0.25, 0.3) is 12.3 Å². The van der Waals surface area contributed by atoms with Crippen LogP contribution in [0.15, 0.2) is 30.5 Å². The number of aromatic nitrogens is 2. The van der Waals surface area contributed by atoms with Crippen molar-refractivity contribution in [3.8, 4) is 11.5 Å². The van der Waals surface area contributed by atoms with Gasteiger partial charge in [-0.2, -0.15) is 5.10 Å². The van der Waals surface area contributed by atoms with Crippen LogP contribution < -0.4 is 14.8 Å². The highest BCUT2D eigenvalue weighted by Gasteiger charge is 2.21. The minimum Gasteiger partial charge on any atom is -0.486 e. The van der Waals surface area contributed by atoms with E-state index in [0.717, 1.165) is 4.68 Å². The number of nitrogens with zero attached hydrogens (tertiary/aromatic N) is 2. The molecule has 0 radical (unpaired) electrons. The second-order valence-electron chi connectivity index (χ2n) is 4.60. The van der Waals surface area contributed by atoms with Gasteiger partial charge in [-0.3, -0.25) is 9.48 Å². The van der Waals surface area contributed by atoms with Gasteiger partial charge in [-0.1, -0.05) is 6.07 Å². The molecular formula is C14H13F2N3O3. The first-order valence-electron chi connectivity index (χ1n) is 6.65. The van der Waals surface area contributed by atoms with Gasteiger partial charge in [-0.25, -0.2) is 8.78 Å². The topological polar surface area (TPSA) is 65.4 Å². The first kappa shape index (κ1) is 14.3. The predicted molar refractivity (Wildman–Crippen MR) is 73.6 cm³/mol. The molecule has 2 aromatic rings. The highest BCUT2D eigenvalue weighted by Crippen LogP contribution is 2.33. The van der Waals surface area contributed by atoms with Gasteiger partial charge in [-0.05, 0) is 12.1 Å². The number of fused-ring (bicyclic) bond motifs is 1. The molecule has 22 heavy (non-hydrogen) atoms. The Labute approximate surface area is 124 Å². The van der Waals surface area contributed by atoms with E-state index in [-0.39, 0.29) is 5.82 Å². The zero-order chi connectivity index (χ0) is 15.5. The third-order valence-corrected chi connectivity index (χ3v) is 3.02. The molecule has 0 atom stereocenters. The minimum absolute atomic E-state index is 0.194. The van der Waals surface area contributed by atoms with Crippen LogP contribution in [0.25, 0.3) is 0 Å². The number of halogens is 2. The molecule has 116 valence electrons. The predicted octanol–water partition coefficient (Wildman–Crippen LogP) is 2.17. The number of rotatable bonds is 4. The molecular weight excluding hydrogens is 296 g/mol. The fourth-order valence-electron chi connectivity index (χ4n) is 2.11. The van der Waals surface area contributed by atoms with Crippen molar-refractivity contribution in [2.75, 3.05) is 18.5 Å². The van der Waals surface area contributed by atoms with Crippen LogP contribution >= 0.6 is 0 Å². The Balaban J connectivity index is 1.76. The number of amides is 1. The standard InChI is InChI=1S/C14H13F2N3O3/c15-11(16)8-19-5-4-12(18-19)17-14(20)9-2-1-3-10-13(9)22-7-6-21-10/h1-5,11H,6-8H2,(H,17,18,20). The van der Waals surface area contributed by atoms with E-state index in [1.165, 1.54) is 12.3 Å². The quantitative estimate of drug-likeness (QED) is 0.940. The van der Waals surface area contributed by atoms with Crippen LogP contribution in [-0.4, -0.2) is 35.3 Å². The largest absolute Gasteiger partial charge is 0.486 e. The first-order valence-corrected chi connectivity index (χ1v) is 6.65. The summed E-state index contributed by atoms with van der Waals surface area (Å²) in [6.45, 7) is 0.268. The van der Waals surface area contributed by atoms with Gasteiger partial charge in [0.15, 0.2) is 17.3 Å². The van der Waals surface area contributed by atoms with Crippen LogP contribution in [-0.2, 0) is 6.54 Å². The van der Waals surface area contributed by atoms with Crippen molar-refractivity contribution in [3.63, 3.8) is 0 Å². The summed E-state index contributed by atoms with van der Waals surface area (Å²) in [4.78, 5) is 12.3. The minimum atomic E-state index is -2.50. The van der Waals surface area contributed by atoms with Gasteiger partial charge in [0.2, 0.25) is 0 Å². The maximum Gasteiger partial charge on any atom is 0.260 e. The van der Waals surface area contributed by atoms with Crippen LogP contribution in [0.2, 0.25) is 0 Å². The zero-order valence-electron chi connectivity index (χ0n) is 11.5. The number of para-hydroxylation sites is 1. The van der Waals surface area contributed by atoms with E-state index in [2.05, 4.69) is 10.4 Å². The summed E-state index contributed by atoms with van der Waals surface area (Å²) in [7, 11) is 0. The van der Waals surface area contributed by atoms with Gasteiger partial charge >= 0.3 is 0 Å². The molecule has 0 unspecified atom stereocenters. The number of alkyl halides is 2. The average molecular weight is 309 g/mol. The monoisotopic (exact) mass is 309 g/mol. The first-order chi connectivity index (χ1) is 10.6. The van der Waals surface area contributed by atoms with E-state index in [4.69, 9.17) is 9.47 Å². The Bertz CT molecular complexity index is 688. The smallest absolute Gasteiger partial charge is 0.260 e. The molecule has 2 heterocycles. The van der Waals surface area contributed by atoms with Crippen molar-refractivity contribution in [2.24, 2.45) is 0 Å². The normalized spacial score (nSPS) is 13.2. The molecule has 3 rings (SSSR count). The fraction of sp³-hybridized carbons (Fsp3) is 0.286. The SMILES string of the molecule is O=C(Nc1ccn(CC(F)F)n1)c1cccc2c1OCCO2. The van der Waals surface area contributed by atoms with Gasteiger partial charge in [0, 0.05) is 12.3 Å². The molecule has 1 aliphatic rings. The van der Waals surface area contributed by atoms with E-state index >= 15 is 0 Å². The molecule has 1 N–H and O–H groups in total.